The highest BCUT2D eigenvalue weighted by molar-refractivity contribution is 14.1. The van der Waals surface area contributed by atoms with E-state index in [1.54, 1.807) is 0 Å². The Kier molecular flexibility index (Phi) is 5.45. The summed E-state index contributed by atoms with van der Waals surface area (Å²) in [5, 5.41) is 2.76. The van der Waals surface area contributed by atoms with Gasteiger partial charge in [0.1, 0.15) is 0 Å². The number of hydrogen-bond acceptors (Lipinski definition) is 0. The number of halogens is 4. The first kappa shape index (κ1) is 20.9. The molecular weight excluding hydrogens is 639 g/mol. The molecule has 4 aromatic rings. The Morgan fingerprint density at radius 2 is 1.43 bits per heavy atom. The summed E-state index contributed by atoms with van der Waals surface area (Å²) in [4.78, 5) is 0. The molecule has 0 atom stereocenters. The highest BCUT2D eigenvalue weighted by Gasteiger charge is 2.47. The second-order valence-corrected chi connectivity index (χ2v) is 10.8. The van der Waals surface area contributed by atoms with Crippen LogP contribution in [0.3, 0.4) is 0 Å². The molecule has 0 saturated heterocycles. The van der Waals surface area contributed by atoms with Gasteiger partial charge in [0.2, 0.25) is 0 Å². The Labute approximate surface area is 213 Å². The fraction of sp³-hybridized carbons (Fsp3) is 0.120. The molecule has 1 aliphatic heterocycles. The lowest BCUT2D eigenvalue weighted by Gasteiger charge is -2.41. The van der Waals surface area contributed by atoms with Gasteiger partial charge in [-0.1, -0.05) is 65.7 Å². The maximum atomic E-state index is 6.52. The van der Waals surface area contributed by atoms with E-state index in [9.17, 15) is 0 Å². The van der Waals surface area contributed by atoms with Crippen molar-refractivity contribution < 1.29 is 0 Å². The average molecular weight is 656 g/mol. The Balaban J connectivity index is 2.02. The molecule has 0 radical (unpaired) electrons. The third-order valence-corrected chi connectivity index (χ3v) is 9.80. The molecule has 1 aliphatic rings. The zero-order chi connectivity index (χ0) is 21.0. The number of rotatable bonds is 2. The number of allylic oxidation sites excluding steroid dienone is 2. The van der Waals surface area contributed by atoms with Gasteiger partial charge in [0.25, 0.3) is 0 Å². The molecule has 0 amide bonds. The minimum Gasteiger partial charge on any atom is -0.338 e. The standard InChI is InChI=1S/C25H17Cl2I2N/c1-15-20-10-2-3-11-22(20)30-14-21(28)23(29)25(24(15)30,16-6-4-8-18(26)12-16)17-7-5-9-19(27)13-17/h2-13H,14H2,1H3. The predicted molar refractivity (Wildman–Crippen MR) is 145 cm³/mol. The summed E-state index contributed by atoms with van der Waals surface area (Å²) in [6.07, 6.45) is 0. The second kappa shape index (κ2) is 7.84. The van der Waals surface area contributed by atoms with Crippen LogP contribution in [-0.4, -0.2) is 4.57 Å². The van der Waals surface area contributed by atoms with Crippen LogP contribution in [0.2, 0.25) is 10.0 Å². The van der Waals surface area contributed by atoms with Gasteiger partial charge in [0, 0.05) is 33.8 Å². The van der Waals surface area contributed by atoms with Crippen LogP contribution < -0.4 is 0 Å². The summed E-state index contributed by atoms with van der Waals surface area (Å²) in [5.74, 6) is 0. The molecule has 2 heterocycles. The van der Waals surface area contributed by atoms with Crippen molar-refractivity contribution in [2.45, 2.75) is 18.9 Å². The summed E-state index contributed by atoms with van der Waals surface area (Å²) in [5.41, 5.74) is 5.68. The van der Waals surface area contributed by atoms with Crippen molar-refractivity contribution in [2.75, 3.05) is 0 Å². The Bertz CT molecular complexity index is 1290. The molecule has 0 N–H and O–H groups in total. The Hall–Kier alpha value is -1.02. The first-order chi connectivity index (χ1) is 14.4. The number of fused-ring (bicyclic) bond motifs is 3. The lowest BCUT2D eigenvalue weighted by atomic mass is 9.69. The molecule has 0 aliphatic carbocycles. The lowest BCUT2D eigenvalue weighted by Crippen LogP contribution is -2.37. The van der Waals surface area contributed by atoms with Crippen LogP contribution in [0.25, 0.3) is 10.9 Å². The van der Waals surface area contributed by atoms with E-state index in [2.05, 4.69) is 105 Å². The van der Waals surface area contributed by atoms with E-state index in [-0.39, 0.29) is 0 Å². The molecule has 30 heavy (non-hydrogen) atoms. The second-order valence-electron chi connectivity index (χ2n) is 7.57. The van der Waals surface area contributed by atoms with Gasteiger partial charge in [-0.15, -0.1) is 0 Å². The van der Waals surface area contributed by atoms with Crippen LogP contribution in [0.15, 0.2) is 80.0 Å². The van der Waals surface area contributed by atoms with Crippen LogP contribution in [0, 0.1) is 6.92 Å². The van der Waals surface area contributed by atoms with Crippen LogP contribution in [-0.2, 0) is 12.0 Å². The topological polar surface area (TPSA) is 4.93 Å². The number of aromatic nitrogens is 1. The summed E-state index contributed by atoms with van der Waals surface area (Å²) in [7, 11) is 0. The van der Waals surface area contributed by atoms with Gasteiger partial charge in [-0.05, 0) is 99.1 Å². The fourth-order valence-electron chi connectivity index (χ4n) is 4.78. The molecular formula is C25H17Cl2I2N. The normalized spacial score (nSPS) is 15.5. The maximum absolute atomic E-state index is 6.52. The van der Waals surface area contributed by atoms with Crippen LogP contribution >= 0.6 is 68.4 Å². The summed E-state index contributed by atoms with van der Waals surface area (Å²) in [6.45, 7) is 3.10. The molecule has 0 bridgehead atoms. The molecule has 1 nitrogen and oxygen atoms in total. The van der Waals surface area contributed by atoms with Crippen molar-refractivity contribution in [3.63, 3.8) is 0 Å². The zero-order valence-electron chi connectivity index (χ0n) is 16.1. The molecule has 0 unspecified atom stereocenters. The van der Waals surface area contributed by atoms with E-state index in [0.29, 0.717) is 0 Å². The molecule has 5 rings (SSSR count). The van der Waals surface area contributed by atoms with Crippen molar-refractivity contribution >= 4 is 79.3 Å². The van der Waals surface area contributed by atoms with E-state index in [4.69, 9.17) is 23.2 Å². The lowest BCUT2D eigenvalue weighted by molar-refractivity contribution is 0.629. The molecule has 0 saturated carbocycles. The summed E-state index contributed by atoms with van der Waals surface area (Å²) in [6, 6.07) is 25.2. The van der Waals surface area contributed by atoms with Crippen LogP contribution in [0.1, 0.15) is 22.4 Å². The van der Waals surface area contributed by atoms with E-state index in [1.165, 1.54) is 29.3 Å². The highest BCUT2D eigenvalue weighted by atomic mass is 127. The smallest absolute Gasteiger partial charge is 0.0922 e. The fourth-order valence-corrected chi connectivity index (χ4v) is 6.95. The minimum atomic E-state index is -0.478. The van der Waals surface area contributed by atoms with Crippen molar-refractivity contribution in [3.05, 3.63) is 112 Å². The summed E-state index contributed by atoms with van der Waals surface area (Å²) < 4.78 is 5.08. The SMILES string of the molecule is Cc1c2n(c3ccccc13)CC(I)=C(I)C2(c1cccc(Cl)c1)c1cccc(Cl)c1. The van der Waals surface area contributed by atoms with Gasteiger partial charge in [0.15, 0.2) is 0 Å². The summed E-state index contributed by atoms with van der Waals surface area (Å²) >= 11 is 18.1. The van der Waals surface area contributed by atoms with Crippen LogP contribution in [0.4, 0.5) is 0 Å². The van der Waals surface area contributed by atoms with E-state index in [1.807, 2.05) is 24.3 Å². The number of benzene rings is 3. The molecule has 3 aromatic carbocycles. The van der Waals surface area contributed by atoms with Gasteiger partial charge in [-0.2, -0.15) is 0 Å². The van der Waals surface area contributed by atoms with Gasteiger partial charge in [-0.3, -0.25) is 0 Å². The molecule has 150 valence electrons. The van der Waals surface area contributed by atoms with E-state index in [0.717, 1.165) is 27.7 Å². The first-order valence-corrected chi connectivity index (χ1v) is 12.5. The van der Waals surface area contributed by atoms with Crippen molar-refractivity contribution in [1.82, 2.24) is 4.57 Å². The number of nitrogens with zero attached hydrogens (tertiary/aromatic N) is 1. The third-order valence-electron chi connectivity index (χ3n) is 5.96. The number of hydrogen-bond donors (Lipinski definition) is 0. The first-order valence-electron chi connectivity index (χ1n) is 9.59. The molecule has 0 fully saturated rings. The van der Waals surface area contributed by atoms with Crippen LogP contribution in [0.5, 0.6) is 0 Å². The zero-order valence-corrected chi connectivity index (χ0v) is 21.9. The van der Waals surface area contributed by atoms with Crippen molar-refractivity contribution in [1.29, 1.82) is 0 Å². The van der Waals surface area contributed by atoms with Crippen molar-refractivity contribution in [2.24, 2.45) is 0 Å². The highest BCUT2D eigenvalue weighted by Crippen LogP contribution is 2.55. The van der Waals surface area contributed by atoms with Gasteiger partial charge in [-0.25, -0.2) is 0 Å². The maximum Gasteiger partial charge on any atom is 0.0922 e. The molecule has 0 spiro atoms. The number of para-hydroxylation sites is 1. The van der Waals surface area contributed by atoms with E-state index >= 15 is 0 Å². The van der Waals surface area contributed by atoms with Gasteiger partial charge >= 0.3 is 0 Å². The predicted octanol–water partition coefficient (Wildman–Crippen LogP) is 8.69. The van der Waals surface area contributed by atoms with Gasteiger partial charge in [0.05, 0.1) is 12.0 Å². The van der Waals surface area contributed by atoms with Gasteiger partial charge < -0.3 is 4.57 Å². The monoisotopic (exact) mass is 655 g/mol. The minimum absolute atomic E-state index is 0.478. The molecule has 1 aromatic heterocycles. The molecule has 5 heteroatoms. The van der Waals surface area contributed by atoms with E-state index < -0.39 is 5.41 Å². The third kappa shape index (κ3) is 2.99. The van der Waals surface area contributed by atoms with Crippen molar-refractivity contribution in [3.8, 4) is 0 Å². The average Bonchev–Trinajstić information content (AvgIpc) is 3.02. The Morgan fingerprint density at radius 1 is 0.833 bits per heavy atom. The largest absolute Gasteiger partial charge is 0.338 e. The quantitative estimate of drug-likeness (QED) is 0.191. The Morgan fingerprint density at radius 3 is 2.03 bits per heavy atom. The number of aryl methyl sites for hydroxylation is 1.